The molecule has 0 saturated carbocycles. The molecule has 1 heteroatoms. The summed E-state index contributed by atoms with van der Waals surface area (Å²) in [6.07, 6.45) is 0. The molecule has 1 aromatic carbocycles. The normalized spacial score (nSPS) is 9.90. The first-order valence-electron chi connectivity index (χ1n) is 3.36. The maximum atomic E-state index is 2.27. The molecule has 0 nitrogen and oxygen atoms in total. The molecule has 1 aromatic rings. The first-order valence-corrected chi connectivity index (χ1v) is 5.93. The van der Waals surface area contributed by atoms with E-state index in [1.54, 1.807) is 4.46 Å². The predicted molar refractivity (Wildman–Crippen MR) is 47.2 cm³/mol. The van der Waals surface area contributed by atoms with Crippen LogP contribution in [0.1, 0.15) is 11.1 Å². The molecule has 1 rings (SSSR count). The van der Waals surface area contributed by atoms with E-state index in [0.717, 1.165) is 0 Å². The predicted octanol–water partition coefficient (Wildman–Crippen LogP) is 1.68. The van der Waals surface area contributed by atoms with E-state index in [0.29, 0.717) is 15.0 Å². The van der Waals surface area contributed by atoms with Crippen LogP contribution in [0.5, 0.6) is 0 Å². The molecule has 0 fully saturated rings. The average Bonchev–Trinajstić information content (AvgIpc) is 1.88. The molecule has 0 aliphatic carbocycles. The second kappa shape index (κ2) is 3.23. The molecule has 0 aromatic heterocycles. The molecule has 0 aliphatic rings. The van der Waals surface area contributed by atoms with Crippen LogP contribution in [0, 0.1) is 13.8 Å². The van der Waals surface area contributed by atoms with E-state index in [2.05, 4.69) is 37.9 Å². The van der Waals surface area contributed by atoms with Gasteiger partial charge in [0.25, 0.3) is 0 Å². The monoisotopic (exact) mass is 200 g/mol. The summed E-state index contributed by atoms with van der Waals surface area (Å²) in [6, 6.07) is 6.50. The van der Waals surface area contributed by atoms with Crippen molar-refractivity contribution >= 4 is 19.4 Å². The molecule has 0 radical (unpaired) electrons. The first-order chi connectivity index (χ1) is 4.75. The standard InChI is InChI=1S/C9H12Se/c1-7-5-4-6-8(2)9(7)10-3/h4-6H,1-3H3. The molecule has 0 unspecified atom stereocenters. The summed E-state index contributed by atoms with van der Waals surface area (Å²) < 4.78 is 1.56. The van der Waals surface area contributed by atoms with E-state index in [-0.39, 0.29) is 0 Å². The quantitative estimate of drug-likeness (QED) is 0.603. The number of rotatable bonds is 1. The molecular formula is C9H12Se. The van der Waals surface area contributed by atoms with Gasteiger partial charge in [0, 0.05) is 0 Å². The minimum atomic E-state index is 0.648. The molecule has 54 valence electrons. The van der Waals surface area contributed by atoms with Gasteiger partial charge in [0.05, 0.1) is 0 Å². The van der Waals surface area contributed by atoms with Gasteiger partial charge >= 0.3 is 68.4 Å². The summed E-state index contributed by atoms with van der Waals surface area (Å²) in [7, 11) is 0. The van der Waals surface area contributed by atoms with E-state index in [4.69, 9.17) is 0 Å². The van der Waals surface area contributed by atoms with Crippen LogP contribution in [0.4, 0.5) is 0 Å². The molecule has 0 bridgehead atoms. The SMILES string of the molecule is C[Se]c1c(C)cccc1C. The van der Waals surface area contributed by atoms with Crippen LogP contribution in [0.25, 0.3) is 0 Å². The van der Waals surface area contributed by atoms with Crippen LogP contribution >= 0.6 is 0 Å². The van der Waals surface area contributed by atoms with Crippen LogP contribution in [0.15, 0.2) is 18.2 Å². The van der Waals surface area contributed by atoms with Gasteiger partial charge in [-0.15, -0.1) is 0 Å². The Morgan fingerprint density at radius 3 is 1.90 bits per heavy atom. The fourth-order valence-electron chi connectivity index (χ4n) is 1.12. The van der Waals surface area contributed by atoms with Crippen molar-refractivity contribution in [1.29, 1.82) is 0 Å². The zero-order chi connectivity index (χ0) is 7.56. The van der Waals surface area contributed by atoms with Gasteiger partial charge in [-0.05, 0) is 0 Å². The van der Waals surface area contributed by atoms with E-state index >= 15 is 0 Å². The molecule has 0 amide bonds. The van der Waals surface area contributed by atoms with Gasteiger partial charge in [0.2, 0.25) is 0 Å². The average molecular weight is 199 g/mol. The van der Waals surface area contributed by atoms with Gasteiger partial charge in [-0.2, -0.15) is 0 Å². The van der Waals surface area contributed by atoms with Crippen molar-refractivity contribution in [2.45, 2.75) is 19.7 Å². The third kappa shape index (κ3) is 1.42. The van der Waals surface area contributed by atoms with Gasteiger partial charge in [-0.1, -0.05) is 0 Å². The fraction of sp³-hybridized carbons (Fsp3) is 0.333. The van der Waals surface area contributed by atoms with Crippen molar-refractivity contribution in [2.75, 3.05) is 0 Å². The third-order valence-corrected chi connectivity index (χ3v) is 3.82. The number of aryl methyl sites for hydroxylation is 2. The Morgan fingerprint density at radius 2 is 1.60 bits per heavy atom. The van der Waals surface area contributed by atoms with Crippen molar-refractivity contribution in [3.8, 4) is 0 Å². The maximum absolute atomic E-state index is 2.27. The van der Waals surface area contributed by atoms with Gasteiger partial charge in [-0.3, -0.25) is 0 Å². The molecule has 0 heterocycles. The summed E-state index contributed by atoms with van der Waals surface area (Å²) in [5.41, 5.74) is 2.89. The van der Waals surface area contributed by atoms with E-state index in [1.165, 1.54) is 11.1 Å². The molecule has 10 heavy (non-hydrogen) atoms. The van der Waals surface area contributed by atoms with Crippen molar-refractivity contribution in [1.82, 2.24) is 0 Å². The zero-order valence-corrected chi connectivity index (χ0v) is 8.35. The van der Waals surface area contributed by atoms with Crippen LogP contribution in [0.3, 0.4) is 0 Å². The minimum absolute atomic E-state index is 0.648. The number of hydrogen-bond donors (Lipinski definition) is 0. The molecule has 0 aliphatic heterocycles. The van der Waals surface area contributed by atoms with Crippen molar-refractivity contribution in [2.24, 2.45) is 0 Å². The molecular weight excluding hydrogens is 187 g/mol. The summed E-state index contributed by atoms with van der Waals surface area (Å²) in [4.78, 5) is 0. The Kier molecular flexibility index (Phi) is 2.53. The second-order valence-electron chi connectivity index (χ2n) is 2.43. The fourth-order valence-corrected chi connectivity index (χ4v) is 2.76. The topological polar surface area (TPSA) is 0 Å². The van der Waals surface area contributed by atoms with Crippen LogP contribution < -0.4 is 4.46 Å². The summed E-state index contributed by atoms with van der Waals surface area (Å²) in [5.74, 6) is 2.27. The van der Waals surface area contributed by atoms with E-state index in [9.17, 15) is 0 Å². The Hall–Kier alpha value is -0.261. The van der Waals surface area contributed by atoms with E-state index in [1.807, 2.05) is 0 Å². The molecule has 0 spiro atoms. The number of hydrogen-bond acceptors (Lipinski definition) is 0. The van der Waals surface area contributed by atoms with Gasteiger partial charge in [-0.25, -0.2) is 0 Å². The summed E-state index contributed by atoms with van der Waals surface area (Å²) >= 11 is 0.648. The van der Waals surface area contributed by atoms with Crippen molar-refractivity contribution in [3.05, 3.63) is 29.3 Å². The van der Waals surface area contributed by atoms with E-state index < -0.39 is 0 Å². The van der Waals surface area contributed by atoms with Gasteiger partial charge in [0.15, 0.2) is 0 Å². The Labute approximate surface area is 68.8 Å². The Morgan fingerprint density at radius 1 is 1.10 bits per heavy atom. The summed E-state index contributed by atoms with van der Waals surface area (Å²) in [6.45, 7) is 4.38. The van der Waals surface area contributed by atoms with Gasteiger partial charge in [0.1, 0.15) is 0 Å². The summed E-state index contributed by atoms with van der Waals surface area (Å²) in [5, 5.41) is 0. The Bertz CT molecular complexity index is 208. The second-order valence-corrected chi connectivity index (χ2v) is 4.14. The van der Waals surface area contributed by atoms with Crippen LogP contribution in [-0.2, 0) is 0 Å². The number of benzene rings is 1. The van der Waals surface area contributed by atoms with Crippen LogP contribution in [-0.4, -0.2) is 15.0 Å². The molecule has 0 N–H and O–H groups in total. The van der Waals surface area contributed by atoms with Gasteiger partial charge < -0.3 is 0 Å². The zero-order valence-electron chi connectivity index (χ0n) is 6.64. The third-order valence-electron chi connectivity index (χ3n) is 1.61. The first kappa shape index (κ1) is 7.84. The molecule has 0 atom stereocenters. The van der Waals surface area contributed by atoms with Crippen molar-refractivity contribution in [3.63, 3.8) is 0 Å². The van der Waals surface area contributed by atoms with Crippen LogP contribution in [0.2, 0.25) is 5.82 Å². The van der Waals surface area contributed by atoms with Crippen molar-refractivity contribution < 1.29 is 0 Å². The molecule has 0 saturated heterocycles. The Balaban J connectivity index is 3.17.